The van der Waals surface area contributed by atoms with E-state index >= 15 is 0 Å². The van der Waals surface area contributed by atoms with Crippen molar-refractivity contribution in [2.45, 2.75) is 32.8 Å². The van der Waals surface area contributed by atoms with Gasteiger partial charge in [0.2, 0.25) is 0 Å². The average molecular weight is 253 g/mol. The highest BCUT2D eigenvalue weighted by Gasteiger charge is 2.28. The van der Waals surface area contributed by atoms with Crippen LogP contribution in [0.15, 0.2) is 42.7 Å². The lowest BCUT2D eigenvalue weighted by Gasteiger charge is -2.33. The maximum atomic E-state index is 10.1. The molecule has 98 valence electrons. The number of hydrogen-bond acceptors (Lipinski definition) is 2. The summed E-state index contributed by atoms with van der Waals surface area (Å²) in [7, 11) is 0. The molecule has 1 unspecified atom stereocenters. The van der Waals surface area contributed by atoms with Crippen LogP contribution in [-0.4, -0.2) is 16.2 Å². The molecule has 1 aromatic carbocycles. The second-order valence-corrected chi connectivity index (χ2v) is 6.21. The number of pyridine rings is 1. The van der Waals surface area contributed by atoms with Gasteiger partial charge in [0, 0.05) is 17.8 Å². The lowest BCUT2D eigenvalue weighted by Crippen LogP contribution is -2.24. The fourth-order valence-electron chi connectivity index (χ4n) is 3.08. The van der Waals surface area contributed by atoms with Crippen molar-refractivity contribution in [3.8, 4) is 0 Å². The van der Waals surface area contributed by atoms with Gasteiger partial charge >= 0.3 is 0 Å². The molecule has 0 bridgehead atoms. The number of nitrogens with zero attached hydrogens (tertiary/aromatic N) is 1. The van der Waals surface area contributed by atoms with Crippen molar-refractivity contribution in [1.82, 2.24) is 4.98 Å². The van der Waals surface area contributed by atoms with Gasteiger partial charge in [-0.2, -0.15) is 0 Å². The Kier molecular flexibility index (Phi) is 2.90. The van der Waals surface area contributed by atoms with E-state index in [0.717, 1.165) is 12.8 Å². The second kappa shape index (κ2) is 4.46. The Morgan fingerprint density at radius 3 is 2.89 bits per heavy atom. The van der Waals surface area contributed by atoms with Gasteiger partial charge in [-0.3, -0.25) is 4.98 Å². The summed E-state index contributed by atoms with van der Waals surface area (Å²) < 4.78 is 0. The monoisotopic (exact) mass is 253 g/mol. The Morgan fingerprint density at radius 2 is 2.11 bits per heavy atom. The fourth-order valence-corrected chi connectivity index (χ4v) is 3.08. The number of aromatic nitrogens is 1. The van der Waals surface area contributed by atoms with Crippen LogP contribution in [0.1, 0.15) is 32.3 Å². The van der Waals surface area contributed by atoms with Gasteiger partial charge in [0.1, 0.15) is 0 Å². The first kappa shape index (κ1) is 12.4. The average Bonchev–Trinajstić information content (AvgIpc) is 2.35. The molecule has 0 radical (unpaired) electrons. The van der Waals surface area contributed by atoms with Crippen molar-refractivity contribution in [3.05, 3.63) is 48.3 Å². The maximum absolute atomic E-state index is 10.1. The minimum Gasteiger partial charge on any atom is -0.389 e. The molecule has 19 heavy (non-hydrogen) atoms. The zero-order chi connectivity index (χ0) is 13.5. The van der Waals surface area contributed by atoms with Gasteiger partial charge in [0.25, 0.3) is 0 Å². The van der Waals surface area contributed by atoms with Crippen molar-refractivity contribution < 1.29 is 5.11 Å². The predicted octanol–water partition coefficient (Wildman–Crippen LogP) is 3.80. The van der Waals surface area contributed by atoms with Crippen LogP contribution in [0.3, 0.4) is 0 Å². The van der Waals surface area contributed by atoms with Crippen molar-refractivity contribution in [1.29, 1.82) is 0 Å². The highest BCUT2D eigenvalue weighted by Crippen LogP contribution is 2.41. The number of benzene rings is 1. The van der Waals surface area contributed by atoms with Crippen LogP contribution in [0.25, 0.3) is 16.3 Å². The third-order valence-electron chi connectivity index (χ3n) is 3.85. The Labute approximate surface area is 113 Å². The molecule has 1 N–H and O–H groups in total. The number of aliphatic hydroxyl groups excluding tert-OH is 1. The third kappa shape index (κ3) is 2.41. The highest BCUT2D eigenvalue weighted by atomic mass is 16.3. The summed E-state index contributed by atoms with van der Waals surface area (Å²) in [6.07, 6.45) is 7.23. The number of allylic oxidation sites excluding steroid dienone is 1. The molecular formula is C17H19NO. The van der Waals surface area contributed by atoms with Crippen molar-refractivity contribution >= 4 is 16.3 Å². The summed E-state index contributed by atoms with van der Waals surface area (Å²) >= 11 is 0. The molecule has 2 nitrogen and oxygen atoms in total. The zero-order valence-electron chi connectivity index (χ0n) is 11.4. The summed E-state index contributed by atoms with van der Waals surface area (Å²) in [6, 6.07) is 8.34. The molecule has 1 atom stereocenters. The molecule has 0 fully saturated rings. The number of rotatable bonds is 1. The molecule has 0 saturated heterocycles. The Hall–Kier alpha value is -1.67. The van der Waals surface area contributed by atoms with Gasteiger partial charge in [-0.25, -0.2) is 0 Å². The first-order valence-electron chi connectivity index (χ1n) is 6.77. The van der Waals surface area contributed by atoms with E-state index in [2.05, 4.69) is 37.0 Å². The van der Waals surface area contributed by atoms with E-state index < -0.39 is 0 Å². The van der Waals surface area contributed by atoms with Crippen molar-refractivity contribution in [3.63, 3.8) is 0 Å². The topological polar surface area (TPSA) is 33.1 Å². The Balaban J connectivity index is 2.14. The second-order valence-electron chi connectivity index (χ2n) is 6.21. The largest absolute Gasteiger partial charge is 0.389 e. The van der Waals surface area contributed by atoms with Crippen LogP contribution in [0, 0.1) is 5.41 Å². The molecular weight excluding hydrogens is 234 g/mol. The first-order valence-corrected chi connectivity index (χ1v) is 6.77. The third-order valence-corrected chi connectivity index (χ3v) is 3.85. The lowest BCUT2D eigenvalue weighted by atomic mass is 9.74. The molecule has 0 saturated carbocycles. The van der Waals surface area contributed by atoms with Crippen LogP contribution in [0.5, 0.6) is 0 Å². The normalized spacial score (nSPS) is 22.3. The lowest BCUT2D eigenvalue weighted by molar-refractivity contribution is 0.146. The van der Waals surface area contributed by atoms with Crippen LogP contribution in [-0.2, 0) is 0 Å². The molecule has 1 aliphatic rings. The highest BCUT2D eigenvalue weighted by molar-refractivity contribution is 5.93. The molecule has 1 aromatic heterocycles. The van der Waals surface area contributed by atoms with E-state index in [1.54, 1.807) is 0 Å². The zero-order valence-corrected chi connectivity index (χ0v) is 11.4. The summed E-state index contributed by atoms with van der Waals surface area (Å²) in [5, 5.41) is 12.4. The standard InChI is InChI=1S/C17H19NO/c1-17(2)9-13(8-14(19)10-17)15-5-3-4-12-6-7-18-11-16(12)15/h3-8,11,14,19H,9-10H2,1-2H3. The van der Waals surface area contributed by atoms with E-state index in [1.165, 1.54) is 21.9 Å². The van der Waals surface area contributed by atoms with Crippen molar-refractivity contribution in [2.24, 2.45) is 5.41 Å². The number of hydrogen-bond donors (Lipinski definition) is 1. The van der Waals surface area contributed by atoms with E-state index in [-0.39, 0.29) is 11.5 Å². The maximum Gasteiger partial charge on any atom is 0.0732 e. The first-order chi connectivity index (χ1) is 9.05. The Morgan fingerprint density at radius 1 is 1.26 bits per heavy atom. The Bertz CT molecular complexity index is 637. The summed E-state index contributed by atoms with van der Waals surface area (Å²) in [5.41, 5.74) is 2.59. The molecule has 0 amide bonds. The van der Waals surface area contributed by atoms with E-state index in [4.69, 9.17) is 0 Å². The van der Waals surface area contributed by atoms with Crippen LogP contribution < -0.4 is 0 Å². The van der Waals surface area contributed by atoms with Gasteiger partial charge in [-0.15, -0.1) is 0 Å². The van der Waals surface area contributed by atoms with Crippen molar-refractivity contribution in [2.75, 3.05) is 0 Å². The van der Waals surface area contributed by atoms with E-state index in [9.17, 15) is 5.11 Å². The summed E-state index contributed by atoms with van der Waals surface area (Å²) in [5.74, 6) is 0. The molecule has 0 aliphatic heterocycles. The van der Waals surface area contributed by atoms with E-state index in [0.29, 0.717) is 0 Å². The van der Waals surface area contributed by atoms with Crippen LogP contribution in [0.2, 0.25) is 0 Å². The van der Waals surface area contributed by atoms with Gasteiger partial charge in [-0.05, 0) is 40.8 Å². The van der Waals surface area contributed by atoms with Gasteiger partial charge in [0.15, 0.2) is 0 Å². The fraction of sp³-hybridized carbons (Fsp3) is 0.353. The van der Waals surface area contributed by atoms with Gasteiger partial charge < -0.3 is 5.11 Å². The minimum atomic E-state index is -0.342. The SMILES string of the molecule is CC1(C)CC(c2cccc3ccncc23)=CC(O)C1. The van der Waals surface area contributed by atoms with E-state index in [1.807, 2.05) is 24.5 Å². The smallest absolute Gasteiger partial charge is 0.0732 e. The molecule has 2 heteroatoms. The summed E-state index contributed by atoms with van der Waals surface area (Å²) in [4.78, 5) is 4.23. The number of fused-ring (bicyclic) bond motifs is 1. The molecule has 2 aromatic rings. The quantitative estimate of drug-likeness (QED) is 0.838. The minimum absolute atomic E-state index is 0.147. The number of aliphatic hydroxyl groups is 1. The molecule has 1 heterocycles. The van der Waals surface area contributed by atoms with Gasteiger partial charge in [-0.1, -0.05) is 38.1 Å². The molecule has 3 rings (SSSR count). The van der Waals surface area contributed by atoms with Crippen LogP contribution >= 0.6 is 0 Å². The summed E-state index contributed by atoms with van der Waals surface area (Å²) in [6.45, 7) is 4.43. The van der Waals surface area contributed by atoms with Gasteiger partial charge in [0.05, 0.1) is 6.10 Å². The van der Waals surface area contributed by atoms with Crippen LogP contribution in [0.4, 0.5) is 0 Å². The predicted molar refractivity (Wildman–Crippen MR) is 78.7 cm³/mol. The molecule has 0 spiro atoms. The molecule has 1 aliphatic carbocycles.